The first kappa shape index (κ1) is 24.4. The fourth-order valence-corrected chi connectivity index (χ4v) is 3.02. The van der Waals surface area contributed by atoms with Crippen molar-refractivity contribution in [3.63, 3.8) is 0 Å². The minimum atomic E-state index is -1.35. The van der Waals surface area contributed by atoms with Crippen molar-refractivity contribution in [2.45, 2.75) is 32.7 Å². The molecule has 2 aromatic rings. The van der Waals surface area contributed by atoms with Gasteiger partial charge in [0, 0.05) is 6.54 Å². The Hall–Kier alpha value is -3.89. The highest BCUT2D eigenvalue weighted by molar-refractivity contribution is 5.98. The standard InChI is InChI=1S/C21H27N5O6/c1-12-17(18(28)26-16(19(29)30)11-23-21(31)32-3)13(2)25-20(24-12)22-9-5-7-14-6-4-8-15(27)10-14/h4,6,8,10,16,27H,5,7,9,11H2,1-3H3,(H,23,31)(H,26,28)(H,29,30)(H,22,24,25). The summed E-state index contributed by atoms with van der Waals surface area (Å²) in [6.45, 7) is 3.50. The lowest BCUT2D eigenvalue weighted by Gasteiger charge is -2.17. The van der Waals surface area contributed by atoms with E-state index in [4.69, 9.17) is 0 Å². The number of carboxylic acid groups (broad SMARTS) is 1. The molecule has 1 aromatic heterocycles. The number of benzene rings is 1. The van der Waals surface area contributed by atoms with E-state index in [0.717, 1.165) is 25.5 Å². The third-order valence-corrected chi connectivity index (χ3v) is 4.57. The lowest BCUT2D eigenvalue weighted by molar-refractivity contribution is -0.139. The maximum atomic E-state index is 12.6. The van der Waals surface area contributed by atoms with E-state index < -0.39 is 24.0 Å². The summed E-state index contributed by atoms with van der Waals surface area (Å²) in [4.78, 5) is 43.8. The van der Waals surface area contributed by atoms with Crippen molar-refractivity contribution >= 4 is 23.9 Å². The van der Waals surface area contributed by atoms with E-state index in [1.54, 1.807) is 32.0 Å². The number of carboxylic acids is 1. The van der Waals surface area contributed by atoms with Gasteiger partial charge in [-0.1, -0.05) is 12.1 Å². The van der Waals surface area contributed by atoms with Crippen LogP contribution in [0.25, 0.3) is 0 Å². The SMILES string of the molecule is COC(=O)NCC(NC(=O)c1c(C)nc(NCCCc2cccc(O)c2)nc1C)C(=O)O. The summed E-state index contributed by atoms with van der Waals surface area (Å²) < 4.78 is 4.40. The first-order valence-electron chi connectivity index (χ1n) is 9.93. The number of aryl methyl sites for hydroxylation is 3. The highest BCUT2D eigenvalue weighted by Gasteiger charge is 2.24. The monoisotopic (exact) mass is 445 g/mol. The van der Waals surface area contributed by atoms with E-state index in [9.17, 15) is 24.6 Å². The molecule has 1 aromatic carbocycles. The van der Waals surface area contributed by atoms with E-state index in [1.165, 1.54) is 0 Å². The predicted octanol–water partition coefficient (Wildman–Crippen LogP) is 1.38. The highest BCUT2D eigenvalue weighted by atomic mass is 16.5. The maximum Gasteiger partial charge on any atom is 0.406 e. The molecule has 32 heavy (non-hydrogen) atoms. The summed E-state index contributed by atoms with van der Waals surface area (Å²) in [6.07, 6.45) is 0.733. The van der Waals surface area contributed by atoms with Crippen molar-refractivity contribution in [2.75, 3.05) is 25.5 Å². The number of aromatic nitrogens is 2. The van der Waals surface area contributed by atoms with Gasteiger partial charge in [0.2, 0.25) is 5.95 Å². The normalized spacial score (nSPS) is 11.3. The number of hydrogen-bond donors (Lipinski definition) is 5. The number of nitrogens with zero attached hydrogens (tertiary/aromatic N) is 2. The Morgan fingerprint density at radius 1 is 1.16 bits per heavy atom. The first-order valence-corrected chi connectivity index (χ1v) is 9.93. The molecule has 1 unspecified atom stereocenters. The molecule has 0 aliphatic heterocycles. The molecule has 1 atom stereocenters. The second-order valence-corrected chi connectivity index (χ2v) is 7.03. The predicted molar refractivity (Wildman–Crippen MR) is 116 cm³/mol. The lowest BCUT2D eigenvalue weighted by atomic mass is 10.1. The number of rotatable bonds is 10. The number of phenolic OH excluding ortho intramolecular Hbond substituents is 1. The number of hydrogen-bond acceptors (Lipinski definition) is 8. The molecule has 11 nitrogen and oxygen atoms in total. The number of carbonyl (C=O) groups is 3. The zero-order chi connectivity index (χ0) is 23.7. The van der Waals surface area contributed by atoms with Gasteiger partial charge < -0.3 is 30.9 Å². The van der Waals surface area contributed by atoms with Crippen LogP contribution in [0.4, 0.5) is 10.7 Å². The van der Waals surface area contributed by atoms with Gasteiger partial charge in [-0.2, -0.15) is 0 Å². The van der Waals surface area contributed by atoms with Gasteiger partial charge in [0.05, 0.1) is 30.6 Å². The Morgan fingerprint density at radius 3 is 2.44 bits per heavy atom. The van der Waals surface area contributed by atoms with Crippen molar-refractivity contribution in [2.24, 2.45) is 0 Å². The topological polar surface area (TPSA) is 163 Å². The summed E-state index contributed by atoms with van der Waals surface area (Å²) in [5.74, 6) is -1.38. The Labute approximate surface area is 185 Å². The van der Waals surface area contributed by atoms with Crippen molar-refractivity contribution in [1.29, 1.82) is 0 Å². The van der Waals surface area contributed by atoms with Crippen LogP contribution >= 0.6 is 0 Å². The molecule has 1 heterocycles. The van der Waals surface area contributed by atoms with Crippen LogP contribution in [0, 0.1) is 13.8 Å². The number of aliphatic carboxylic acids is 1. The number of anilines is 1. The highest BCUT2D eigenvalue weighted by Crippen LogP contribution is 2.14. The summed E-state index contributed by atoms with van der Waals surface area (Å²) in [5.41, 5.74) is 1.95. The molecule has 0 bridgehead atoms. The number of amides is 2. The fourth-order valence-electron chi connectivity index (χ4n) is 3.02. The number of carbonyl (C=O) groups excluding carboxylic acids is 2. The second kappa shape index (κ2) is 11.5. The van der Waals surface area contributed by atoms with Crippen LogP contribution in [0.2, 0.25) is 0 Å². The Balaban J connectivity index is 1.97. The van der Waals surface area contributed by atoms with Gasteiger partial charge in [-0.05, 0) is 44.4 Å². The number of alkyl carbamates (subject to hydrolysis) is 1. The van der Waals surface area contributed by atoms with Crippen LogP contribution < -0.4 is 16.0 Å². The van der Waals surface area contributed by atoms with Gasteiger partial charge in [-0.15, -0.1) is 0 Å². The van der Waals surface area contributed by atoms with Crippen molar-refractivity contribution in [3.05, 3.63) is 46.8 Å². The average molecular weight is 445 g/mol. The van der Waals surface area contributed by atoms with Crippen LogP contribution in [0.3, 0.4) is 0 Å². The maximum absolute atomic E-state index is 12.6. The molecule has 0 radical (unpaired) electrons. The molecular weight excluding hydrogens is 418 g/mol. The molecule has 172 valence electrons. The molecule has 11 heteroatoms. The Bertz CT molecular complexity index is 958. The summed E-state index contributed by atoms with van der Waals surface area (Å²) >= 11 is 0. The Morgan fingerprint density at radius 2 is 1.84 bits per heavy atom. The van der Waals surface area contributed by atoms with Crippen LogP contribution in [0.5, 0.6) is 5.75 Å². The number of aromatic hydroxyl groups is 1. The quantitative estimate of drug-likeness (QED) is 0.340. The Kier molecular flexibility index (Phi) is 8.75. The molecule has 0 fully saturated rings. The molecule has 0 saturated carbocycles. The molecule has 2 amide bonds. The molecule has 0 aliphatic rings. The largest absolute Gasteiger partial charge is 0.508 e. The lowest BCUT2D eigenvalue weighted by Crippen LogP contribution is -2.48. The summed E-state index contributed by atoms with van der Waals surface area (Å²) in [7, 11) is 1.15. The number of methoxy groups -OCH3 is 1. The fraction of sp³-hybridized carbons (Fsp3) is 0.381. The number of nitrogens with one attached hydrogen (secondary N) is 3. The van der Waals surface area contributed by atoms with E-state index >= 15 is 0 Å². The molecule has 5 N–H and O–H groups in total. The number of ether oxygens (including phenoxy) is 1. The van der Waals surface area contributed by atoms with Gasteiger partial charge in [-0.3, -0.25) is 4.79 Å². The smallest absolute Gasteiger partial charge is 0.406 e. The van der Waals surface area contributed by atoms with E-state index in [1.807, 2.05) is 6.07 Å². The van der Waals surface area contributed by atoms with E-state index in [0.29, 0.717) is 23.9 Å². The van der Waals surface area contributed by atoms with Gasteiger partial charge in [0.15, 0.2) is 0 Å². The van der Waals surface area contributed by atoms with Gasteiger partial charge >= 0.3 is 12.1 Å². The van der Waals surface area contributed by atoms with Crippen molar-refractivity contribution in [3.8, 4) is 5.75 Å². The first-order chi connectivity index (χ1) is 15.2. The van der Waals surface area contributed by atoms with Crippen LogP contribution in [-0.2, 0) is 16.0 Å². The van der Waals surface area contributed by atoms with Crippen LogP contribution in [0.15, 0.2) is 24.3 Å². The summed E-state index contributed by atoms with van der Waals surface area (Å²) in [5, 5.41) is 26.5. The van der Waals surface area contributed by atoms with Gasteiger partial charge in [-0.25, -0.2) is 19.6 Å². The van der Waals surface area contributed by atoms with Gasteiger partial charge in [0.25, 0.3) is 5.91 Å². The zero-order valence-electron chi connectivity index (χ0n) is 18.1. The molecule has 0 spiro atoms. The van der Waals surface area contributed by atoms with Crippen molar-refractivity contribution < 1.29 is 29.3 Å². The molecule has 0 aliphatic carbocycles. The minimum absolute atomic E-state index is 0.166. The number of phenols is 1. The van der Waals surface area contributed by atoms with Crippen LogP contribution in [0.1, 0.15) is 33.7 Å². The molecule has 0 saturated heterocycles. The molecule has 2 rings (SSSR count). The zero-order valence-corrected chi connectivity index (χ0v) is 18.1. The van der Waals surface area contributed by atoms with Gasteiger partial charge in [0.1, 0.15) is 11.8 Å². The average Bonchev–Trinajstić information content (AvgIpc) is 2.73. The van der Waals surface area contributed by atoms with Crippen LogP contribution in [-0.4, -0.2) is 64.4 Å². The van der Waals surface area contributed by atoms with E-state index in [2.05, 4.69) is 30.7 Å². The minimum Gasteiger partial charge on any atom is -0.508 e. The third-order valence-electron chi connectivity index (χ3n) is 4.57. The summed E-state index contributed by atoms with van der Waals surface area (Å²) in [6, 6.07) is 5.70. The van der Waals surface area contributed by atoms with E-state index in [-0.39, 0.29) is 17.9 Å². The van der Waals surface area contributed by atoms with Crippen molar-refractivity contribution in [1.82, 2.24) is 20.6 Å². The third kappa shape index (κ3) is 7.11. The second-order valence-electron chi connectivity index (χ2n) is 7.03. The molecular formula is C21H27N5O6.